The fraction of sp³-hybridized carbons (Fsp3) is 0.550. The van der Waals surface area contributed by atoms with Crippen molar-refractivity contribution >= 4 is 40.2 Å². The molecular weight excluding hydrogens is 382 g/mol. The predicted molar refractivity (Wildman–Crippen MR) is 112 cm³/mol. The van der Waals surface area contributed by atoms with Crippen LogP contribution in [0.5, 0.6) is 0 Å². The van der Waals surface area contributed by atoms with Gasteiger partial charge < -0.3 is 5.32 Å². The summed E-state index contributed by atoms with van der Waals surface area (Å²) in [6, 6.07) is 5.32. The molecule has 2 aromatic rings. The molecule has 3 rings (SSSR count). The standard InChI is InChI=1S/C20H26ClN3O2S/c1-20(2,3)23-17(25)12-27-19-22-16-11-13(21)9-10-15(16)18(26)24(19)14-7-5-4-6-8-14/h9-11,14H,4-8,12H2,1-3H3,(H,23,25). The number of hydrogen-bond acceptors (Lipinski definition) is 4. The zero-order chi connectivity index (χ0) is 19.6. The van der Waals surface area contributed by atoms with Gasteiger partial charge in [0, 0.05) is 16.6 Å². The molecule has 1 saturated carbocycles. The summed E-state index contributed by atoms with van der Waals surface area (Å²) in [5, 5.41) is 4.68. The molecule has 1 aromatic heterocycles. The predicted octanol–water partition coefficient (Wildman–Crippen LogP) is 4.56. The maximum absolute atomic E-state index is 13.2. The molecule has 1 N–H and O–H groups in total. The lowest BCUT2D eigenvalue weighted by Crippen LogP contribution is -2.41. The summed E-state index contributed by atoms with van der Waals surface area (Å²) in [5.41, 5.74) is 0.256. The van der Waals surface area contributed by atoms with Crippen LogP contribution in [0.1, 0.15) is 58.9 Å². The molecule has 1 aliphatic carbocycles. The van der Waals surface area contributed by atoms with E-state index < -0.39 is 0 Å². The second-order valence-corrected chi connectivity index (χ2v) is 9.49. The molecule has 1 aromatic carbocycles. The van der Waals surface area contributed by atoms with E-state index in [2.05, 4.69) is 5.32 Å². The van der Waals surface area contributed by atoms with Gasteiger partial charge in [-0.1, -0.05) is 42.6 Å². The first-order chi connectivity index (χ1) is 12.7. The van der Waals surface area contributed by atoms with E-state index in [1.54, 1.807) is 18.2 Å². The Morgan fingerprint density at radius 2 is 2.00 bits per heavy atom. The maximum Gasteiger partial charge on any atom is 0.262 e. The number of carbonyl (C=O) groups excluding carboxylic acids is 1. The molecule has 0 saturated heterocycles. The molecule has 1 amide bonds. The highest BCUT2D eigenvalue weighted by molar-refractivity contribution is 7.99. The molecule has 1 heterocycles. The summed E-state index contributed by atoms with van der Waals surface area (Å²) >= 11 is 7.41. The number of rotatable bonds is 4. The van der Waals surface area contributed by atoms with Crippen LogP contribution < -0.4 is 10.9 Å². The molecule has 27 heavy (non-hydrogen) atoms. The van der Waals surface area contributed by atoms with Crippen LogP contribution >= 0.6 is 23.4 Å². The Balaban J connectivity index is 1.97. The van der Waals surface area contributed by atoms with Gasteiger partial charge in [-0.3, -0.25) is 14.2 Å². The van der Waals surface area contributed by atoms with Crippen molar-refractivity contribution in [3.63, 3.8) is 0 Å². The third-order valence-corrected chi connectivity index (χ3v) is 5.81. The van der Waals surface area contributed by atoms with Gasteiger partial charge in [-0.25, -0.2) is 4.98 Å². The van der Waals surface area contributed by atoms with Crippen molar-refractivity contribution in [2.75, 3.05) is 5.75 Å². The molecule has 0 atom stereocenters. The van der Waals surface area contributed by atoms with Gasteiger partial charge in [-0.15, -0.1) is 0 Å². The quantitative estimate of drug-likeness (QED) is 0.596. The highest BCUT2D eigenvalue weighted by atomic mass is 35.5. The van der Waals surface area contributed by atoms with Gasteiger partial charge >= 0.3 is 0 Å². The van der Waals surface area contributed by atoms with E-state index in [1.807, 2.05) is 25.3 Å². The molecule has 146 valence electrons. The van der Waals surface area contributed by atoms with Crippen molar-refractivity contribution < 1.29 is 4.79 Å². The number of aromatic nitrogens is 2. The Labute approximate surface area is 168 Å². The second-order valence-electron chi connectivity index (χ2n) is 8.11. The number of benzene rings is 1. The minimum Gasteiger partial charge on any atom is -0.351 e. The Kier molecular flexibility index (Phi) is 6.16. The fourth-order valence-corrected chi connectivity index (χ4v) is 4.53. The van der Waals surface area contributed by atoms with Crippen LogP contribution in [0, 0.1) is 0 Å². The van der Waals surface area contributed by atoms with Gasteiger partial charge in [0.25, 0.3) is 5.56 Å². The van der Waals surface area contributed by atoms with E-state index in [0.29, 0.717) is 21.1 Å². The second kappa shape index (κ2) is 8.23. The van der Waals surface area contributed by atoms with Crippen LogP contribution in [0.15, 0.2) is 28.2 Å². The first-order valence-electron chi connectivity index (χ1n) is 9.40. The molecule has 0 radical (unpaired) electrons. The average Bonchev–Trinajstić information content (AvgIpc) is 2.59. The highest BCUT2D eigenvalue weighted by Crippen LogP contribution is 2.31. The van der Waals surface area contributed by atoms with Crippen LogP contribution in [-0.4, -0.2) is 26.8 Å². The third-order valence-electron chi connectivity index (χ3n) is 4.62. The van der Waals surface area contributed by atoms with Crippen molar-refractivity contribution in [1.29, 1.82) is 0 Å². The number of halogens is 1. The van der Waals surface area contributed by atoms with E-state index in [0.717, 1.165) is 25.7 Å². The summed E-state index contributed by atoms with van der Waals surface area (Å²) < 4.78 is 1.81. The Morgan fingerprint density at radius 1 is 1.30 bits per heavy atom. The van der Waals surface area contributed by atoms with Crippen molar-refractivity contribution in [3.05, 3.63) is 33.6 Å². The van der Waals surface area contributed by atoms with Crippen LogP contribution in [0.25, 0.3) is 10.9 Å². The molecule has 0 unspecified atom stereocenters. The zero-order valence-corrected chi connectivity index (χ0v) is 17.6. The van der Waals surface area contributed by atoms with E-state index in [4.69, 9.17) is 16.6 Å². The Bertz CT molecular complexity index is 898. The SMILES string of the molecule is CC(C)(C)NC(=O)CSc1nc2cc(Cl)ccc2c(=O)n1C1CCCCC1. The van der Waals surface area contributed by atoms with Gasteiger partial charge in [-0.2, -0.15) is 0 Å². The smallest absolute Gasteiger partial charge is 0.262 e. The molecule has 0 spiro atoms. The number of nitrogens with zero attached hydrogens (tertiary/aromatic N) is 2. The van der Waals surface area contributed by atoms with E-state index in [-0.39, 0.29) is 28.8 Å². The van der Waals surface area contributed by atoms with Gasteiger partial charge in [0.1, 0.15) is 0 Å². The van der Waals surface area contributed by atoms with E-state index >= 15 is 0 Å². The van der Waals surface area contributed by atoms with Crippen molar-refractivity contribution in [1.82, 2.24) is 14.9 Å². The number of fused-ring (bicyclic) bond motifs is 1. The lowest BCUT2D eigenvalue weighted by Gasteiger charge is -2.26. The fourth-order valence-electron chi connectivity index (χ4n) is 3.50. The monoisotopic (exact) mass is 407 g/mol. The number of hydrogen-bond donors (Lipinski definition) is 1. The maximum atomic E-state index is 13.2. The summed E-state index contributed by atoms with van der Waals surface area (Å²) in [5.74, 6) is 0.158. The van der Waals surface area contributed by atoms with Crippen LogP contribution in [0.4, 0.5) is 0 Å². The van der Waals surface area contributed by atoms with Gasteiger partial charge in [-0.05, 0) is 51.8 Å². The molecule has 1 fully saturated rings. The minimum atomic E-state index is -0.287. The zero-order valence-electron chi connectivity index (χ0n) is 16.0. The largest absolute Gasteiger partial charge is 0.351 e. The lowest BCUT2D eigenvalue weighted by atomic mass is 9.95. The topological polar surface area (TPSA) is 64.0 Å². The number of amides is 1. The summed E-state index contributed by atoms with van der Waals surface area (Å²) in [6.45, 7) is 5.84. The number of thioether (sulfide) groups is 1. The van der Waals surface area contributed by atoms with Gasteiger partial charge in [0.2, 0.25) is 5.91 Å². The van der Waals surface area contributed by atoms with Crippen LogP contribution in [0.3, 0.4) is 0 Å². The van der Waals surface area contributed by atoms with E-state index in [1.165, 1.54) is 18.2 Å². The summed E-state index contributed by atoms with van der Waals surface area (Å²) in [6.07, 6.45) is 5.39. The molecule has 7 heteroatoms. The number of nitrogens with one attached hydrogen (secondary N) is 1. The average molecular weight is 408 g/mol. The summed E-state index contributed by atoms with van der Waals surface area (Å²) in [7, 11) is 0. The van der Waals surface area contributed by atoms with Crippen molar-refractivity contribution in [2.45, 2.75) is 69.6 Å². The minimum absolute atomic E-state index is 0.0395. The first kappa shape index (κ1) is 20.2. The van der Waals surface area contributed by atoms with Crippen LogP contribution in [0.2, 0.25) is 5.02 Å². The third kappa shape index (κ3) is 5.05. The van der Waals surface area contributed by atoms with Crippen molar-refractivity contribution in [3.8, 4) is 0 Å². The molecular formula is C20H26ClN3O2S. The van der Waals surface area contributed by atoms with Crippen molar-refractivity contribution in [2.24, 2.45) is 0 Å². The molecule has 0 bridgehead atoms. The number of carbonyl (C=O) groups is 1. The Morgan fingerprint density at radius 3 is 2.67 bits per heavy atom. The highest BCUT2D eigenvalue weighted by Gasteiger charge is 2.23. The van der Waals surface area contributed by atoms with Crippen LogP contribution in [-0.2, 0) is 4.79 Å². The molecule has 5 nitrogen and oxygen atoms in total. The van der Waals surface area contributed by atoms with E-state index in [9.17, 15) is 9.59 Å². The Hall–Kier alpha value is -1.53. The first-order valence-corrected chi connectivity index (χ1v) is 10.8. The summed E-state index contributed by atoms with van der Waals surface area (Å²) in [4.78, 5) is 30.2. The van der Waals surface area contributed by atoms with Gasteiger partial charge in [0.05, 0.1) is 16.7 Å². The molecule has 1 aliphatic rings. The van der Waals surface area contributed by atoms with Gasteiger partial charge in [0.15, 0.2) is 5.16 Å². The molecule has 0 aliphatic heterocycles. The normalized spacial score (nSPS) is 15.9. The lowest BCUT2D eigenvalue weighted by molar-refractivity contribution is -0.119.